The smallest absolute Gasteiger partial charge is 0.0759 e. The second-order valence-corrected chi connectivity index (χ2v) is 4.37. The molecule has 1 unspecified atom stereocenters. The molecule has 0 fully saturated rings. The minimum absolute atomic E-state index is 0.227. The van der Waals surface area contributed by atoms with Crippen molar-refractivity contribution in [1.82, 2.24) is 15.3 Å². The third-order valence-electron chi connectivity index (χ3n) is 3.08. The first kappa shape index (κ1) is 12.7. The van der Waals surface area contributed by atoms with Crippen molar-refractivity contribution in [2.24, 2.45) is 0 Å². The molecule has 3 heteroatoms. The van der Waals surface area contributed by atoms with E-state index in [1.165, 1.54) is 11.1 Å². The number of hydrogen-bond donors (Lipinski definition) is 1. The van der Waals surface area contributed by atoms with E-state index in [1.807, 2.05) is 6.20 Å². The molecule has 0 aliphatic carbocycles. The molecular formula is C15H19N3. The molecule has 1 atom stereocenters. The van der Waals surface area contributed by atoms with Crippen molar-refractivity contribution in [3.63, 3.8) is 0 Å². The highest BCUT2D eigenvalue weighted by molar-refractivity contribution is 5.27. The Hall–Kier alpha value is -1.74. The van der Waals surface area contributed by atoms with Crippen LogP contribution in [0, 0.1) is 6.92 Å². The molecule has 0 spiro atoms. The molecule has 1 N–H and O–H groups in total. The van der Waals surface area contributed by atoms with Gasteiger partial charge in [-0.25, -0.2) is 0 Å². The highest BCUT2D eigenvalue weighted by Crippen LogP contribution is 2.18. The molecule has 1 heterocycles. The van der Waals surface area contributed by atoms with Gasteiger partial charge in [-0.1, -0.05) is 31.2 Å². The van der Waals surface area contributed by atoms with Gasteiger partial charge in [0.1, 0.15) is 0 Å². The Kier molecular flexibility index (Phi) is 4.42. The molecular weight excluding hydrogens is 222 g/mol. The molecule has 0 radical (unpaired) electrons. The quantitative estimate of drug-likeness (QED) is 0.874. The van der Waals surface area contributed by atoms with Gasteiger partial charge in [-0.05, 0) is 31.0 Å². The van der Waals surface area contributed by atoms with Crippen LogP contribution in [0.5, 0.6) is 0 Å². The summed E-state index contributed by atoms with van der Waals surface area (Å²) in [6.45, 7) is 5.18. The van der Waals surface area contributed by atoms with E-state index in [1.54, 1.807) is 12.4 Å². The number of rotatable bonds is 5. The van der Waals surface area contributed by atoms with Crippen LogP contribution in [-0.2, 0) is 6.42 Å². The lowest BCUT2D eigenvalue weighted by atomic mass is 9.99. The topological polar surface area (TPSA) is 37.8 Å². The number of nitrogens with zero attached hydrogens (tertiary/aromatic N) is 2. The van der Waals surface area contributed by atoms with Crippen molar-refractivity contribution in [1.29, 1.82) is 0 Å². The summed E-state index contributed by atoms with van der Waals surface area (Å²) in [6.07, 6.45) is 6.24. The van der Waals surface area contributed by atoms with Gasteiger partial charge in [-0.15, -0.1) is 0 Å². The van der Waals surface area contributed by atoms with Crippen LogP contribution in [0.2, 0.25) is 0 Å². The van der Waals surface area contributed by atoms with Gasteiger partial charge < -0.3 is 5.32 Å². The average molecular weight is 241 g/mol. The van der Waals surface area contributed by atoms with Crippen molar-refractivity contribution in [3.05, 3.63) is 59.7 Å². The summed E-state index contributed by atoms with van der Waals surface area (Å²) in [5, 5.41) is 3.47. The lowest BCUT2D eigenvalue weighted by Gasteiger charge is -2.18. The van der Waals surface area contributed by atoms with E-state index in [0.717, 1.165) is 18.7 Å². The average Bonchev–Trinajstić information content (AvgIpc) is 2.42. The third kappa shape index (κ3) is 3.14. The van der Waals surface area contributed by atoms with Crippen molar-refractivity contribution in [2.75, 3.05) is 6.54 Å². The maximum Gasteiger partial charge on any atom is 0.0759 e. The lowest BCUT2D eigenvalue weighted by molar-refractivity contribution is 0.533. The van der Waals surface area contributed by atoms with Gasteiger partial charge in [0.05, 0.1) is 11.7 Å². The Morgan fingerprint density at radius 2 is 2.06 bits per heavy atom. The molecule has 2 aromatic rings. The highest BCUT2D eigenvalue weighted by Gasteiger charge is 2.13. The normalized spacial score (nSPS) is 12.3. The molecule has 1 aromatic carbocycles. The van der Waals surface area contributed by atoms with Gasteiger partial charge in [-0.3, -0.25) is 9.97 Å². The van der Waals surface area contributed by atoms with Crippen LogP contribution in [0.1, 0.15) is 29.8 Å². The fourth-order valence-corrected chi connectivity index (χ4v) is 2.08. The van der Waals surface area contributed by atoms with Gasteiger partial charge in [-0.2, -0.15) is 0 Å². The molecule has 0 saturated carbocycles. The van der Waals surface area contributed by atoms with Crippen LogP contribution in [0.4, 0.5) is 0 Å². The number of aryl methyl sites for hydroxylation is 1. The molecule has 1 aromatic heterocycles. The summed E-state index contributed by atoms with van der Waals surface area (Å²) in [4.78, 5) is 8.55. The van der Waals surface area contributed by atoms with E-state index >= 15 is 0 Å². The van der Waals surface area contributed by atoms with Gasteiger partial charge in [0, 0.05) is 18.6 Å². The Morgan fingerprint density at radius 3 is 2.72 bits per heavy atom. The van der Waals surface area contributed by atoms with E-state index < -0.39 is 0 Å². The zero-order chi connectivity index (χ0) is 12.8. The SMILES string of the molecule is CCNC(Cc1ccccc1C)c1cnccn1. The van der Waals surface area contributed by atoms with Crippen molar-refractivity contribution in [2.45, 2.75) is 26.3 Å². The van der Waals surface area contributed by atoms with Crippen LogP contribution in [0.25, 0.3) is 0 Å². The maximum absolute atomic E-state index is 4.40. The Labute approximate surface area is 108 Å². The molecule has 0 amide bonds. The van der Waals surface area contributed by atoms with Crippen LogP contribution >= 0.6 is 0 Å². The summed E-state index contributed by atoms with van der Waals surface area (Å²) in [5.41, 5.74) is 3.68. The van der Waals surface area contributed by atoms with Crippen LogP contribution < -0.4 is 5.32 Å². The van der Waals surface area contributed by atoms with Crippen LogP contribution in [0.15, 0.2) is 42.9 Å². The molecule has 0 bridgehead atoms. The molecule has 0 aliphatic rings. The number of likely N-dealkylation sites (N-methyl/N-ethyl adjacent to an activating group) is 1. The summed E-state index contributed by atoms with van der Waals surface area (Å²) < 4.78 is 0. The first-order valence-corrected chi connectivity index (χ1v) is 6.35. The summed E-state index contributed by atoms with van der Waals surface area (Å²) in [6, 6.07) is 8.71. The Bertz CT molecular complexity index is 482. The fraction of sp³-hybridized carbons (Fsp3) is 0.333. The predicted molar refractivity (Wildman–Crippen MR) is 73.3 cm³/mol. The molecule has 0 saturated heterocycles. The van der Waals surface area contributed by atoms with Crippen LogP contribution in [-0.4, -0.2) is 16.5 Å². The number of benzene rings is 1. The molecule has 0 aliphatic heterocycles. The lowest BCUT2D eigenvalue weighted by Crippen LogP contribution is -2.24. The minimum Gasteiger partial charge on any atom is -0.309 e. The van der Waals surface area contributed by atoms with E-state index in [-0.39, 0.29) is 6.04 Å². The monoisotopic (exact) mass is 241 g/mol. The standard InChI is InChI=1S/C15H19N3/c1-3-17-14(15-11-16-8-9-18-15)10-13-7-5-4-6-12(13)2/h4-9,11,14,17H,3,10H2,1-2H3. The highest BCUT2D eigenvalue weighted by atomic mass is 14.9. The summed E-state index contributed by atoms with van der Waals surface area (Å²) >= 11 is 0. The summed E-state index contributed by atoms with van der Waals surface area (Å²) in [5.74, 6) is 0. The minimum atomic E-state index is 0.227. The second-order valence-electron chi connectivity index (χ2n) is 4.37. The van der Waals surface area contributed by atoms with Gasteiger partial charge >= 0.3 is 0 Å². The van der Waals surface area contributed by atoms with E-state index in [0.29, 0.717) is 0 Å². The fourth-order valence-electron chi connectivity index (χ4n) is 2.08. The second kappa shape index (κ2) is 6.26. The van der Waals surface area contributed by atoms with Gasteiger partial charge in [0.15, 0.2) is 0 Å². The number of aromatic nitrogens is 2. The number of nitrogens with one attached hydrogen (secondary N) is 1. The maximum atomic E-state index is 4.40. The Morgan fingerprint density at radius 1 is 1.22 bits per heavy atom. The van der Waals surface area contributed by atoms with E-state index in [2.05, 4.69) is 53.4 Å². The summed E-state index contributed by atoms with van der Waals surface area (Å²) in [7, 11) is 0. The third-order valence-corrected chi connectivity index (χ3v) is 3.08. The van der Waals surface area contributed by atoms with Crippen LogP contribution in [0.3, 0.4) is 0 Å². The molecule has 2 rings (SSSR count). The first-order chi connectivity index (χ1) is 8.81. The van der Waals surface area contributed by atoms with Crippen molar-refractivity contribution >= 4 is 0 Å². The van der Waals surface area contributed by atoms with E-state index in [9.17, 15) is 0 Å². The molecule has 94 valence electrons. The van der Waals surface area contributed by atoms with Gasteiger partial charge in [0.2, 0.25) is 0 Å². The molecule has 18 heavy (non-hydrogen) atoms. The van der Waals surface area contributed by atoms with Crippen molar-refractivity contribution in [3.8, 4) is 0 Å². The van der Waals surface area contributed by atoms with Crippen molar-refractivity contribution < 1.29 is 0 Å². The van der Waals surface area contributed by atoms with E-state index in [4.69, 9.17) is 0 Å². The first-order valence-electron chi connectivity index (χ1n) is 6.35. The largest absolute Gasteiger partial charge is 0.309 e. The number of hydrogen-bond acceptors (Lipinski definition) is 3. The Balaban J connectivity index is 2.19. The zero-order valence-electron chi connectivity index (χ0n) is 10.9. The molecule has 3 nitrogen and oxygen atoms in total. The zero-order valence-corrected chi connectivity index (χ0v) is 10.9. The van der Waals surface area contributed by atoms with Gasteiger partial charge in [0.25, 0.3) is 0 Å². The predicted octanol–water partition coefficient (Wildman–Crippen LogP) is 2.68.